The maximum atomic E-state index is 14.9. The third-order valence-electron chi connectivity index (χ3n) is 6.10. The summed E-state index contributed by atoms with van der Waals surface area (Å²) in [6, 6.07) is 3.36. The summed E-state index contributed by atoms with van der Waals surface area (Å²) in [4.78, 5) is 23.4. The van der Waals surface area contributed by atoms with Gasteiger partial charge in [-0.2, -0.15) is 5.10 Å². The number of aliphatic hydroxyl groups is 1. The monoisotopic (exact) mass is 422 g/mol. The van der Waals surface area contributed by atoms with Gasteiger partial charge in [0, 0.05) is 28.9 Å². The van der Waals surface area contributed by atoms with Gasteiger partial charge in [-0.25, -0.2) is 14.4 Å². The number of carbonyl (C=O) groups excluding carboxylic acids is 1. The highest BCUT2D eigenvalue weighted by Crippen LogP contribution is 2.36. The van der Waals surface area contributed by atoms with Crippen LogP contribution in [0.5, 0.6) is 0 Å². The molecular weight excluding hydrogens is 399 g/mol. The van der Waals surface area contributed by atoms with Crippen LogP contribution >= 0.6 is 0 Å². The van der Waals surface area contributed by atoms with Crippen molar-refractivity contribution in [2.24, 2.45) is 0 Å². The summed E-state index contributed by atoms with van der Waals surface area (Å²) in [6.07, 6.45) is 7.48. The van der Waals surface area contributed by atoms with Crippen LogP contribution in [0.4, 0.5) is 16.0 Å². The van der Waals surface area contributed by atoms with Gasteiger partial charge in [0.2, 0.25) is 5.91 Å². The third-order valence-corrected chi connectivity index (χ3v) is 6.10. The quantitative estimate of drug-likeness (QED) is 0.599. The van der Waals surface area contributed by atoms with Crippen molar-refractivity contribution in [3.8, 4) is 22.4 Å². The number of aryl methyl sites for hydroxylation is 1. The number of nitrogens with one attached hydrogen (secondary N) is 2. The Hall–Kier alpha value is -3.33. The van der Waals surface area contributed by atoms with E-state index in [1.54, 1.807) is 24.7 Å². The van der Waals surface area contributed by atoms with E-state index in [1.807, 2.05) is 11.8 Å². The molecule has 3 heterocycles. The molecule has 0 radical (unpaired) electrons. The van der Waals surface area contributed by atoms with E-state index in [2.05, 4.69) is 20.5 Å². The maximum absolute atomic E-state index is 14.9. The molecule has 160 valence electrons. The molecule has 0 saturated heterocycles. The van der Waals surface area contributed by atoms with Crippen LogP contribution in [0.2, 0.25) is 0 Å². The van der Waals surface area contributed by atoms with Crippen molar-refractivity contribution in [1.82, 2.24) is 20.2 Å². The van der Waals surface area contributed by atoms with Crippen LogP contribution in [0.1, 0.15) is 31.2 Å². The van der Waals surface area contributed by atoms with Crippen molar-refractivity contribution in [3.63, 3.8) is 0 Å². The highest BCUT2D eigenvalue weighted by atomic mass is 19.1. The van der Waals surface area contributed by atoms with E-state index in [9.17, 15) is 14.3 Å². The van der Waals surface area contributed by atoms with E-state index < -0.39 is 0 Å². The highest BCUT2D eigenvalue weighted by Gasteiger charge is 2.33. The van der Waals surface area contributed by atoms with Crippen LogP contribution in [0.25, 0.3) is 22.4 Å². The Bertz CT molecular complexity index is 1130. The average molecular weight is 422 g/mol. The first-order chi connectivity index (χ1) is 15.0. The zero-order valence-electron chi connectivity index (χ0n) is 17.1. The van der Waals surface area contributed by atoms with Crippen molar-refractivity contribution < 1.29 is 14.3 Å². The van der Waals surface area contributed by atoms with Gasteiger partial charge < -0.3 is 15.3 Å². The largest absolute Gasteiger partial charge is 0.393 e. The second-order valence-corrected chi connectivity index (χ2v) is 8.20. The van der Waals surface area contributed by atoms with Crippen molar-refractivity contribution in [3.05, 3.63) is 42.1 Å². The van der Waals surface area contributed by atoms with E-state index in [0.717, 1.165) is 18.4 Å². The number of hydrogen-bond donors (Lipinski definition) is 3. The SMILES string of the molecule is Cc1cc(-c2cn[nH]c2)c(F)cc1-c1cnc2c(n1)N([C@H]1CC[C@H](O)CC1)CC(=O)N2. The molecule has 3 N–H and O–H groups in total. The number of H-pyrrole nitrogens is 1. The number of halogens is 1. The number of carbonyl (C=O) groups is 1. The number of fused-ring (bicyclic) bond motifs is 1. The van der Waals surface area contributed by atoms with Gasteiger partial charge in [-0.1, -0.05) is 0 Å². The fourth-order valence-electron chi connectivity index (χ4n) is 4.45. The molecule has 1 amide bonds. The fourth-order valence-corrected chi connectivity index (χ4v) is 4.45. The zero-order valence-corrected chi connectivity index (χ0v) is 17.1. The minimum absolute atomic E-state index is 0.110. The van der Waals surface area contributed by atoms with Gasteiger partial charge >= 0.3 is 0 Å². The first-order valence-corrected chi connectivity index (χ1v) is 10.4. The molecule has 0 unspecified atom stereocenters. The van der Waals surface area contributed by atoms with Crippen LogP contribution in [0.15, 0.2) is 30.7 Å². The van der Waals surface area contributed by atoms with E-state index in [0.29, 0.717) is 46.9 Å². The lowest BCUT2D eigenvalue weighted by molar-refractivity contribution is -0.115. The van der Waals surface area contributed by atoms with Crippen molar-refractivity contribution in [1.29, 1.82) is 0 Å². The Labute approximate surface area is 178 Å². The van der Waals surface area contributed by atoms with Gasteiger partial charge in [-0.05, 0) is 50.3 Å². The summed E-state index contributed by atoms with van der Waals surface area (Å²) >= 11 is 0. The summed E-state index contributed by atoms with van der Waals surface area (Å²) in [7, 11) is 0. The summed E-state index contributed by atoms with van der Waals surface area (Å²) in [5, 5.41) is 19.2. The number of aliphatic hydroxyl groups excluding tert-OH is 1. The Morgan fingerprint density at radius 1 is 1.16 bits per heavy atom. The first kappa shape index (κ1) is 19.6. The second-order valence-electron chi connectivity index (χ2n) is 8.20. The molecule has 1 saturated carbocycles. The lowest BCUT2D eigenvalue weighted by Gasteiger charge is -2.38. The van der Waals surface area contributed by atoms with Crippen LogP contribution in [0, 0.1) is 12.7 Å². The normalized spacial score (nSPS) is 21.0. The van der Waals surface area contributed by atoms with Crippen molar-refractivity contribution in [2.75, 3.05) is 16.8 Å². The molecule has 1 fully saturated rings. The number of aromatic nitrogens is 4. The van der Waals surface area contributed by atoms with Crippen LogP contribution in [-0.2, 0) is 4.79 Å². The van der Waals surface area contributed by atoms with Crippen molar-refractivity contribution >= 4 is 17.5 Å². The van der Waals surface area contributed by atoms with Gasteiger partial charge in [-0.3, -0.25) is 9.89 Å². The van der Waals surface area contributed by atoms with E-state index in [1.165, 1.54) is 6.07 Å². The molecule has 31 heavy (non-hydrogen) atoms. The lowest BCUT2D eigenvalue weighted by Crippen LogP contribution is -2.47. The molecule has 1 aliphatic carbocycles. The van der Waals surface area contributed by atoms with Gasteiger partial charge in [0.15, 0.2) is 11.6 Å². The zero-order chi connectivity index (χ0) is 21.5. The number of rotatable bonds is 3. The maximum Gasteiger partial charge on any atom is 0.245 e. The number of amides is 1. The summed E-state index contributed by atoms with van der Waals surface area (Å²) in [6.45, 7) is 2.10. The first-order valence-electron chi connectivity index (χ1n) is 10.4. The number of benzene rings is 1. The smallest absolute Gasteiger partial charge is 0.245 e. The summed E-state index contributed by atoms with van der Waals surface area (Å²) in [5.41, 5.74) is 3.20. The topological polar surface area (TPSA) is 107 Å². The fraction of sp³-hybridized carbons (Fsp3) is 0.364. The molecule has 0 spiro atoms. The van der Waals surface area contributed by atoms with Crippen LogP contribution in [0.3, 0.4) is 0 Å². The summed E-state index contributed by atoms with van der Waals surface area (Å²) in [5.74, 6) is 0.511. The Kier molecular flexibility index (Phi) is 4.90. The molecule has 5 rings (SSSR count). The van der Waals surface area contributed by atoms with Crippen LogP contribution < -0.4 is 10.2 Å². The number of nitrogens with zero attached hydrogens (tertiary/aromatic N) is 4. The molecule has 1 aliphatic heterocycles. The molecule has 8 nitrogen and oxygen atoms in total. The molecule has 2 aliphatic rings. The minimum atomic E-state index is -0.368. The van der Waals surface area contributed by atoms with Gasteiger partial charge in [0.05, 0.1) is 30.7 Å². The Morgan fingerprint density at radius 3 is 2.71 bits per heavy atom. The number of anilines is 2. The van der Waals surface area contributed by atoms with Crippen LogP contribution in [-0.4, -0.2) is 49.9 Å². The van der Waals surface area contributed by atoms with Gasteiger partial charge in [0.1, 0.15) is 5.82 Å². The average Bonchev–Trinajstić information content (AvgIpc) is 3.29. The molecule has 9 heteroatoms. The van der Waals surface area contributed by atoms with E-state index in [4.69, 9.17) is 4.98 Å². The number of hydrogen-bond acceptors (Lipinski definition) is 6. The highest BCUT2D eigenvalue weighted by molar-refractivity contribution is 5.99. The second kappa shape index (κ2) is 7.73. The van der Waals surface area contributed by atoms with Gasteiger partial charge in [0.25, 0.3) is 0 Å². The summed E-state index contributed by atoms with van der Waals surface area (Å²) < 4.78 is 14.9. The van der Waals surface area contributed by atoms with Crippen molar-refractivity contribution in [2.45, 2.75) is 44.8 Å². The number of aromatic amines is 1. The Morgan fingerprint density at radius 2 is 1.97 bits per heavy atom. The third kappa shape index (κ3) is 3.65. The standard InChI is InChI=1S/C22H23FN6O2/c1-12-6-17(13-8-25-26-9-13)18(23)7-16(12)19-10-24-21-22(27-19)29(11-20(31)28-21)14-2-4-15(30)5-3-14/h6-10,14-15,30H,2-5,11H2,1H3,(H,25,26)(H,24,28,31)/t14-,15-. The molecular formula is C22H23FN6O2. The minimum Gasteiger partial charge on any atom is -0.393 e. The van der Waals surface area contributed by atoms with E-state index in [-0.39, 0.29) is 30.4 Å². The predicted molar refractivity (Wildman–Crippen MR) is 114 cm³/mol. The predicted octanol–water partition coefficient (Wildman–Crippen LogP) is 3.04. The molecule has 0 bridgehead atoms. The van der Waals surface area contributed by atoms with Gasteiger partial charge in [-0.15, -0.1) is 0 Å². The molecule has 0 atom stereocenters. The molecule has 1 aromatic carbocycles. The Balaban J connectivity index is 1.53. The lowest BCUT2D eigenvalue weighted by atomic mass is 9.91. The molecule has 2 aromatic heterocycles. The van der Waals surface area contributed by atoms with E-state index >= 15 is 0 Å². The molecule has 3 aromatic rings.